The van der Waals surface area contributed by atoms with Crippen LogP contribution in [0.4, 0.5) is 0 Å². The molecule has 0 spiro atoms. The van der Waals surface area contributed by atoms with Crippen LogP contribution in [0.15, 0.2) is 36.0 Å². The van der Waals surface area contributed by atoms with Gasteiger partial charge in [-0.3, -0.25) is 4.98 Å². The minimum Gasteiger partial charge on any atom is -0.497 e. The molecule has 3 nitrogen and oxygen atoms in total. The summed E-state index contributed by atoms with van der Waals surface area (Å²) in [4.78, 5) is 5.31. The number of benzene rings is 1. The van der Waals surface area contributed by atoms with E-state index in [2.05, 4.69) is 29.4 Å². The largest absolute Gasteiger partial charge is 0.497 e. The number of thiazole rings is 1. The predicted octanol–water partition coefficient (Wildman–Crippen LogP) is 3.00. The minimum absolute atomic E-state index is 0.322. The first kappa shape index (κ1) is 12.1. The molecule has 1 aromatic carbocycles. The molecule has 0 saturated heterocycles. The van der Waals surface area contributed by atoms with E-state index in [0.29, 0.717) is 6.04 Å². The normalized spacial score (nSPS) is 12.4. The van der Waals surface area contributed by atoms with Crippen LogP contribution < -0.4 is 10.1 Å². The lowest BCUT2D eigenvalue weighted by molar-refractivity contribution is 0.414. The van der Waals surface area contributed by atoms with E-state index in [0.717, 1.165) is 12.3 Å². The quantitative estimate of drug-likeness (QED) is 0.883. The lowest BCUT2D eigenvalue weighted by Crippen LogP contribution is -2.17. The first-order valence-corrected chi connectivity index (χ1v) is 6.42. The average Bonchev–Trinajstić information content (AvgIpc) is 2.89. The number of nitrogens with one attached hydrogen (secondary N) is 1. The van der Waals surface area contributed by atoms with E-state index in [-0.39, 0.29) is 0 Å². The summed E-state index contributed by atoms with van der Waals surface area (Å²) < 4.78 is 5.14. The lowest BCUT2D eigenvalue weighted by Gasteiger charge is -2.13. The molecule has 4 heteroatoms. The molecule has 0 aliphatic carbocycles. The zero-order chi connectivity index (χ0) is 12.1. The molecule has 0 aliphatic rings. The van der Waals surface area contributed by atoms with Crippen LogP contribution in [0.5, 0.6) is 5.75 Å². The highest BCUT2D eigenvalue weighted by Crippen LogP contribution is 2.18. The number of methoxy groups -OCH3 is 1. The fourth-order valence-electron chi connectivity index (χ4n) is 1.59. The molecule has 2 rings (SSSR count). The standard InChI is InChI=1S/C13H16N2OS/c1-10(15-8-13-7-14-9-17-13)11-3-5-12(16-2)6-4-11/h3-7,9-10,15H,8H2,1-2H3/t10-/m1/s1. The molecule has 0 bridgehead atoms. The number of nitrogens with zero attached hydrogens (tertiary/aromatic N) is 1. The van der Waals surface area contributed by atoms with Gasteiger partial charge in [0.15, 0.2) is 0 Å². The van der Waals surface area contributed by atoms with Crippen LogP contribution in [0.25, 0.3) is 0 Å². The van der Waals surface area contributed by atoms with Crippen LogP contribution in [0, 0.1) is 0 Å². The van der Waals surface area contributed by atoms with Gasteiger partial charge in [-0.15, -0.1) is 11.3 Å². The van der Waals surface area contributed by atoms with Gasteiger partial charge in [0.1, 0.15) is 5.75 Å². The monoisotopic (exact) mass is 248 g/mol. The van der Waals surface area contributed by atoms with Crippen molar-refractivity contribution in [3.05, 3.63) is 46.4 Å². The van der Waals surface area contributed by atoms with Crippen LogP contribution in [0.3, 0.4) is 0 Å². The molecule has 17 heavy (non-hydrogen) atoms. The Bertz CT molecular complexity index is 439. The van der Waals surface area contributed by atoms with Gasteiger partial charge in [-0.1, -0.05) is 12.1 Å². The van der Waals surface area contributed by atoms with Gasteiger partial charge < -0.3 is 10.1 Å². The second-order valence-electron chi connectivity index (χ2n) is 3.84. The Morgan fingerprint density at radius 3 is 2.71 bits per heavy atom. The van der Waals surface area contributed by atoms with Crippen molar-refractivity contribution in [3.63, 3.8) is 0 Å². The predicted molar refractivity (Wildman–Crippen MR) is 70.4 cm³/mol. The molecule has 0 radical (unpaired) electrons. The molecule has 1 N–H and O–H groups in total. The summed E-state index contributed by atoms with van der Waals surface area (Å²) >= 11 is 1.67. The van der Waals surface area contributed by atoms with Crippen LogP contribution in [-0.2, 0) is 6.54 Å². The topological polar surface area (TPSA) is 34.1 Å². The van der Waals surface area contributed by atoms with Gasteiger partial charge in [0.05, 0.1) is 12.6 Å². The Morgan fingerprint density at radius 2 is 2.12 bits per heavy atom. The van der Waals surface area contributed by atoms with Gasteiger partial charge in [-0.25, -0.2) is 0 Å². The minimum atomic E-state index is 0.322. The molecule has 1 aromatic heterocycles. The summed E-state index contributed by atoms with van der Waals surface area (Å²) in [6.07, 6.45) is 1.90. The van der Waals surface area contributed by atoms with E-state index in [4.69, 9.17) is 4.74 Å². The third-order valence-electron chi connectivity index (χ3n) is 2.68. The zero-order valence-electron chi connectivity index (χ0n) is 10.0. The smallest absolute Gasteiger partial charge is 0.118 e. The molecular weight excluding hydrogens is 232 g/mol. The fourth-order valence-corrected chi connectivity index (χ4v) is 2.14. The third-order valence-corrected chi connectivity index (χ3v) is 3.46. The maximum Gasteiger partial charge on any atom is 0.118 e. The van der Waals surface area contributed by atoms with E-state index in [1.54, 1.807) is 18.4 Å². The highest BCUT2D eigenvalue weighted by atomic mass is 32.1. The van der Waals surface area contributed by atoms with Gasteiger partial charge in [0, 0.05) is 23.7 Å². The molecular formula is C13H16N2OS. The first-order chi connectivity index (χ1) is 8.29. The van der Waals surface area contributed by atoms with Crippen LogP contribution in [-0.4, -0.2) is 12.1 Å². The van der Waals surface area contributed by atoms with Crippen molar-refractivity contribution < 1.29 is 4.74 Å². The van der Waals surface area contributed by atoms with Crippen molar-refractivity contribution in [1.29, 1.82) is 0 Å². The van der Waals surface area contributed by atoms with Gasteiger partial charge >= 0.3 is 0 Å². The summed E-state index contributed by atoms with van der Waals surface area (Å²) in [5, 5.41) is 3.47. The first-order valence-electron chi connectivity index (χ1n) is 5.54. The molecule has 0 saturated carbocycles. The molecule has 1 heterocycles. The Kier molecular flexibility index (Phi) is 4.12. The summed E-state index contributed by atoms with van der Waals surface area (Å²) in [5.74, 6) is 0.892. The van der Waals surface area contributed by atoms with Crippen LogP contribution in [0.1, 0.15) is 23.4 Å². The van der Waals surface area contributed by atoms with Crippen molar-refractivity contribution in [2.75, 3.05) is 7.11 Å². The van der Waals surface area contributed by atoms with E-state index in [1.165, 1.54) is 10.4 Å². The number of rotatable bonds is 5. The van der Waals surface area contributed by atoms with Crippen LogP contribution in [0.2, 0.25) is 0 Å². The summed E-state index contributed by atoms with van der Waals surface area (Å²) in [6.45, 7) is 3.01. The SMILES string of the molecule is COc1ccc([C@@H](C)NCc2cncs2)cc1. The van der Waals surface area contributed by atoms with Gasteiger partial charge in [-0.2, -0.15) is 0 Å². The van der Waals surface area contributed by atoms with Gasteiger partial charge in [0.2, 0.25) is 0 Å². The molecule has 0 amide bonds. The number of aromatic nitrogens is 1. The van der Waals surface area contributed by atoms with E-state index < -0.39 is 0 Å². The van der Waals surface area contributed by atoms with E-state index in [9.17, 15) is 0 Å². The number of hydrogen-bond donors (Lipinski definition) is 1. The average molecular weight is 248 g/mol. The van der Waals surface area contributed by atoms with Crippen molar-refractivity contribution in [3.8, 4) is 5.75 Å². The maximum atomic E-state index is 5.14. The summed E-state index contributed by atoms with van der Waals surface area (Å²) in [7, 11) is 1.68. The Hall–Kier alpha value is -1.39. The van der Waals surface area contributed by atoms with Crippen LogP contribution >= 0.6 is 11.3 Å². The molecule has 1 atom stereocenters. The van der Waals surface area contributed by atoms with Crippen molar-refractivity contribution in [1.82, 2.24) is 10.3 Å². The summed E-state index contributed by atoms with van der Waals surface area (Å²) in [5.41, 5.74) is 3.12. The van der Waals surface area contributed by atoms with E-state index in [1.807, 2.05) is 23.8 Å². The highest BCUT2D eigenvalue weighted by molar-refractivity contribution is 7.09. The van der Waals surface area contributed by atoms with Crippen molar-refractivity contribution in [2.24, 2.45) is 0 Å². The Balaban J connectivity index is 1.92. The lowest BCUT2D eigenvalue weighted by atomic mass is 10.1. The van der Waals surface area contributed by atoms with E-state index >= 15 is 0 Å². The number of hydrogen-bond acceptors (Lipinski definition) is 4. The fraction of sp³-hybridized carbons (Fsp3) is 0.308. The Morgan fingerprint density at radius 1 is 1.35 bits per heavy atom. The molecule has 0 aliphatic heterocycles. The third kappa shape index (κ3) is 3.28. The summed E-state index contributed by atoms with van der Waals surface area (Å²) in [6, 6.07) is 8.47. The molecule has 90 valence electrons. The molecule has 0 unspecified atom stereocenters. The van der Waals surface area contributed by atoms with Gasteiger partial charge in [0.25, 0.3) is 0 Å². The van der Waals surface area contributed by atoms with Crippen molar-refractivity contribution >= 4 is 11.3 Å². The molecule has 2 aromatic rings. The zero-order valence-corrected chi connectivity index (χ0v) is 10.8. The highest BCUT2D eigenvalue weighted by Gasteiger charge is 2.05. The van der Waals surface area contributed by atoms with Crippen molar-refractivity contribution in [2.45, 2.75) is 19.5 Å². The second-order valence-corrected chi connectivity index (χ2v) is 4.81. The number of ether oxygens (including phenoxy) is 1. The second kappa shape index (κ2) is 5.80. The Labute approximate surface area is 105 Å². The maximum absolute atomic E-state index is 5.14. The molecule has 0 fully saturated rings. The van der Waals surface area contributed by atoms with Gasteiger partial charge in [-0.05, 0) is 24.6 Å².